The molecule has 0 aromatic heterocycles. The average molecular weight is 324 g/mol. The summed E-state index contributed by atoms with van der Waals surface area (Å²) >= 11 is 0. The summed E-state index contributed by atoms with van der Waals surface area (Å²) in [6.07, 6.45) is -0.441. The quantitative estimate of drug-likeness (QED) is 0.831. The van der Waals surface area contributed by atoms with Crippen LogP contribution in [0.5, 0.6) is 0 Å². The van der Waals surface area contributed by atoms with Gasteiger partial charge >= 0.3 is 6.09 Å². The molecule has 1 rings (SSSR count). The summed E-state index contributed by atoms with van der Waals surface area (Å²) in [6.45, 7) is 11.9. The summed E-state index contributed by atoms with van der Waals surface area (Å²) in [7, 11) is 0. The van der Waals surface area contributed by atoms with Crippen molar-refractivity contribution in [2.45, 2.75) is 59.2 Å². The van der Waals surface area contributed by atoms with Crippen molar-refractivity contribution in [3.63, 3.8) is 0 Å². The van der Waals surface area contributed by atoms with E-state index in [1.54, 1.807) is 12.1 Å². The van der Waals surface area contributed by atoms with Crippen molar-refractivity contribution in [3.05, 3.63) is 35.6 Å². The normalized spacial score (nSPS) is 14.4. The number of alkyl carbamates (subject to hydrolysis) is 1. The van der Waals surface area contributed by atoms with Gasteiger partial charge in [-0.2, -0.15) is 0 Å². The first-order valence-electron chi connectivity index (χ1n) is 8.07. The van der Waals surface area contributed by atoms with Crippen LogP contribution >= 0.6 is 0 Å². The van der Waals surface area contributed by atoms with Crippen molar-refractivity contribution in [2.75, 3.05) is 6.54 Å². The average Bonchev–Trinajstić information content (AvgIpc) is 2.41. The number of nitrogens with one attached hydrogen (secondary N) is 2. The van der Waals surface area contributed by atoms with Crippen LogP contribution in [0.25, 0.3) is 0 Å². The van der Waals surface area contributed by atoms with Crippen LogP contribution in [0.4, 0.5) is 9.18 Å². The van der Waals surface area contributed by atoms with Crippen molar-refractivity contribution in [1.82, 2.24) is 10.6 Å². The molecule has 1 aromatic rings. The van der Waals surface area contributed by atoms with Gasteiger partial charge in [0.25, 0.3) is 0 Å². The van der Waals surface area contributed by atoms with Gasteiger partial charge in [0.15, 0.2) is 0 Å². The Bertz CT molecular complexity index is 512. The minimum Gasteiger partial charge on any atom is -0.444 e. The first kappa shape index (κ1) is 19.4. The molecule has 0 saturated carbocycles. The van der Waals surface area contributed by atoms with Gasteiger partial charge in [0, 0.05) is 24.2 Å². The number of halogens is 1. The molecule has 0 heterocycles. The second-order valence-corrected chi connectivity index (χ2v) is 7.14. The Hall–Kier alpha value is -1.62. The van der Waals surface area contributed by atoms with E-state index in [0.29, 0.717) is 12.1 Å². The summed E-state index contributed by atoms with van der Waals surface area (Å²) in [5.74, 6) is 0.0502. The Morgan fingerprint density at radius 1 is 1.22 bits per heavy atom. The largest absolute Gasteiger partial charge is 0.444 e. The predicted molar refractivity (Wildman–Crippen MR) is 90.8 cm³/mol. The minimum atomic E-state index is -0.523. The highest BCUT2D eigenvalue weighted by molar-refractivity contribution is 5.67. The molecule has 0 spiro atoms. The number of amides is 1. The highest BCUT2D eigenvalue weighted by Gasteiger charge is 2.21. The van der Waals surface area contributed by atoms with Crippen LogP contribution < -0.4 is 10.6 Å². The third kappa shape index (κ3) is 6.99. The molecular formula is C18H29FN2O2. The maximum atomic E-state index is 13.9. The van der Waals surface area contributed by atoms with E-state index in [1.165, 1.54) is 6.07 Å². The monoisotopic (exact) mass is 324 g/mol. The number of ether oxygens (including phenoxy) is 1. The number of carbonyl (C=O) groups excluding carboxylic acids is 1. The number of carbonyl (C=O) groups is 1. The smallest absolute Gasteiger partial charge is 0.407 e. The van der Waals surface area contributed by atoms with Crippen LogP contribution in [-0.2, 0) is 4.74 Å². The van der Waals surface area contributed by atoms with Gasteiger partial charge in [-0.1, -0.05) is 32.0 Å². The molecule has 0 aliphatic carbocycles. The molecule has 0 bridgehead atoms. The summed E-state index contributed by atoms with van der Waals surface area (Å²) in [6, 6.07) is 6.58. The highest BCUT2D eigenvalue weighted by Crippen LogP contribution is 2.18. The second-order valence-electron chi connectivity index (χ2n) is 7.14. The van der Waals surface area contributed by atoms with Gasteiger partial charge in [-0.15, -0.1) is 0 Å². The van der Waals surface area contributed by atoms with Crippen LogP contribution in [0.1, 0.15) is 53.1 Å². The van der Waals surface area contributed by atoms with Gasteiger partial charge in [0.05, 0.1) is 0 Å². The molecule has 0 saturated heterocycles. The van der Waals surface area contributed by atoms with Crippen LogP contribution in [0.15, 0.2) is 24.3 Å². The molecule has 130 valence electrons. The maximum Gasteiger partial charge on any atom is 0.407 e. The molecule has 2 unspecified atom stereocenters. The van der Waals surface area contributed by atoms with Crippen molar-refractivity contribution < 1.29 is 13.9 Å². The fourth-order valence-corrected chi connectivity index (χ4v) is 2.23. The molecular weight excluding hydrogens is 295 g/mol. The summed E-state index contributed by atoms with van der Waals surface area (Å²) < 4.78 is 19.1. The van der Waals surface area contributed by atoms with Crippen molar-refractivity contribution in [1.29, 1.82) is 0 Å². The molecule has 0 aliphatic rings. The lowest BCUT2D eigenvalue weighted by atomic mass is 10.0. The summed E-state index contributed by atoms with van der Waals surface area (Å²) in [4.78, 5) is 11.8. The first-order chi connectivity index (χ1) is 10.6. The zero-order valence-electron chi connectivity index (χ0n) is 14.9. The van der Waals surface area contributed by atoms with E-state index in [4.69, 9.17) is 4.74 Å². The van der Waals surface area contributed by atoms with Crippen LogP contribution in [-0.4, -0.2) is 24.3 Å². The fourth-order valence-electron chi connectivity index (χ4n) is 2.23. The fraction of sp³-hybridized carbons (Fsp3) is 0.611. The van der Waals surface area contributed by atoms with Crippen molar-refractivity contribution in [2.24, 2.45) is 5.92 Å². The molecule has 0 radical (unpaired) electrons. The van der Waals surface area contributed by atoms with E-state index >= 15 is 0 Å². The Labute approximate surface area is 138 Å². The molecule has 23 heavy (non-hydrogen) atoms. The lowest BCUT2D eigenvalue weighted by Gasteiger charge is -2.28. The van der Waals surface area contributed by atoms with Crippen molar-refractivity contribution >= 4 is 6.09 Å². The maximum absolute atomic E-state index is 13.9. The van der Waals surface area contributed by atoms with E-state index in [-0.39, 0.29) is 23.8 Å². The third-order valence-electron chi connectivity index (χ3n) is 3.51. The number of benzene rings is 1. The summed E-state index contributed by atoms with van der Waals surface area (Å²) in [5.41, 5.74) is 0.0982. The minimum absolute atomic E-state index is 0.0112. The van der Waals surface area contributed by atoms with E-state index < -0.39 is 11.7 Å². The first-order valence-corrected chi connectivity index (χ1v) is 8.07. The zero-order valence-corrected chi connectivity index (χ0v) is 14.9. The molecule has 2 N–H and O–H groups in total. The molecule has 0 aliphatic heterocycles. The van der Waals surface area contributed by atoms with Gasteiger partial charge < -0.3 is 15.4 Å². The van der Waals surface area contributed by atoms with Gasteiger partial charge in [-0.25, -0.2) is 9.18 Å². The van der Waals surface area contributed by atoms with Gasteiger partial charge in [0.1, 0.15) is 11.4 Å². The van der Waals surface area contributed by atoms with E-state index in [9.17, 15) is 9.18 Å². The van der Waals surface area contributed by atoms with E-state index in [0.717, 1.165) is 0 Å². The number of hydrogen-bond donors (Lipinski definition) is 2. The molecule has 5 heteroatoms. The Kier molecular flexibility index (Phi) is 7.01. The van der Waals surface area contributed by atoms with E-state index in [2.05, 4.69) is 24.5 Å². The Morgan fingerprint density at radius 2 is 1.83 bits per heavy atom. The van der Waals surface area contributed by atoms with Gasteiger partial charge in [0.2, 0.25) is 0 Å². The molecule has 1 amide bonds. The number of rotatable bonds is 6. The topological polar surface area (TPSA) is 50.4 Å². The lowest BCUT2D eigenvalue weighted by Crippen LogP contribution is -2.46. The predicted octanol–water partition coefficient (Wildman–Crippen LogP) is 4.03. The Morgan fingerprint density at radius 3 is 2.35 bits per heavy atom. The highest BCUT2D eigenvalue weighted by atomic mass is 19.1. The second kappa shape index (κ2) is 8.29. The zero-order chi connectivity index (χ0) is 17.6. The van der Waals surface area contributed by atoms with Gasteiger partial charge in [-0.3, -0.25) is 0 Å². The molecule has 2 atom stereocenters. The van der Waals surface area contributed by atoms with E-state index in [1.807, 2.05) is 33.8 Å². The lowest BCUT2D eigenvalue weighted by molar-refractivity contribution is 0.0518. The SMILES string of the molecule is CC(NC(CNC(=O)OC(C)(C)C)C(C)C)c1ccccc1F. The number of hydrogen-bond acceptors (Lipinski definition) is 3. The molecule has 4 nitrogen and oxygen atoms in total. The molecule has 0 fully saturated rings. The standard InChI is InChI=1S/C18H29FN2O2/c1-12(2)16(11-20-17(22)23-18(4,5)6)21-13(3)14-9-7-8-10-15(14)19/h7-10,12-13,16,21H,11H2,1-6H3,(H,20,22). The van der Waals surface area contributed by atoms with Gasteiger partial charge in [-0.05, 0) is 39.7 Å². The molecule has 1 aromatic carbocycles. The van der Waals surface area contributed by atoms with Crippen LogP contribution in [0, 0.1) is 11.7 Å². The third-order valence-corrected chi connectivity index (χ3v) is 3.51. The summed E-state index contributed by atoms with van der Waals surface area (Å²) in [5, 5.41) is 6.16. The van der Waals surface area contributed by atoms with Crippen LogP contribution in [0.3, 0.4) is 0 Å². The van der Waals surface area contributed by atoms with Crippen molar-refractivity contribution in [3.8, 4) is 0 Å². The van der Waals surface area contributed by atoms with Crippen LogP contribution in [0.2, 0.25) is 0 Å². The Balaban J connectivity index is 2.62.